The number of unbranched alkanes of at least 4 members (excludes halogenated alkanes) is 27. The molecule has 4 nitrogen and oxygen atoms in total. The number of ether oxygens (including phenoxy) is 2. The summed E-state index contributed by atoms with van der Waals surface area (Å²) < 4.78 is 10.5. The van der Waals surface area contributed by atoms with Gasteiger partial charge in [0, 0.05) is 12.8 Å². The minimum atomic E-state index is -0.0265. The van der Waals surface area contributed by atoms with E-state index in [0.29, 0.717) is 32.0 Å². The van der Waals surface area contributed by atoms with Crippen molar-refractivity contribution in [3.63, 3.8) is 0 Å². The molecule has 52 heavy (non-hydrogen) atoms. The van der Waals surface area contributed by atoms with E-state index in [-0.39, 0.29) is 11.9 Å². The second-order valence-corrected chi connectivity index (χ2v) is 15.7. The molecule has 0 heterocycles. The first-order chi connectivity index (χ1) is 25.5. The Balaban J connectivity index is 0. The van der Waals surface area contributed by atoms with Crippen LogP contribution in [-0.2, 0) is 19.1 Å². The van der Waals surface area contributed by atoms with E-state index in [4.69, 9.17) is 9.47 Å². The van der Waals surface area contributed by atoms with Crippen LogP contribution in [0.3, 0.4) is 0 Å². The molecule has 0 bridgehead atoms. The van der Waals surface area contributed by atoms with Crippen molar-refractivity contribution in [2.45, 2.75) is 253 Å². The average molecular weight is 733 g/mol. The molecule has 0 saturated carbocycles. The fourth-order valence-electron chi connectivity index (χ4n) is 6.15. The van der Waals surface area contributed by atoms with E-state index >= 15 is 0 Å². The van der Waals surface area contributed by atoms with Crippen LogP contribution >= 0.6 is 0 Å². The Labute approximate surface area is 326 Å². The van der Waals surface area contributed by atoms with Crippen molar-refractivity contribution in [1.29, 1.82) is 0 Å². The molecule has 0 aromatic heterocycles. The lowest BCUT2D eigenvalue weighted by molar-refractivity contribution is -0.145. The number of carbonyl (C=O) groups excluding carboxylic acids is 2. The van der Waals surface area contributed by atoms with Gasteiger partial charge in [-0.15, -0.1) is 0 Å². The Morgan fingerprint density at radius 1 is 0.385 bits per heavy atom. The molecule has 0 atom stereocenters. The molecular weight excluding hydrogens is 641 g/mol. The summed E-state index contributed by atoms with van der Waals surface area (Å²) in [6, 6.07) is 0. The lowest BCUT2D eigenvalue weighted by Crippen LogP contribution is -2.09. The van der Waals surface area contributed by atoms with Crippen molar-refractivity contribution in [3.05, 3.63) is 24.3 Å². The minimum absolute atomic E-state index is 0.00573. The quantitative estimate of drug-likeness (QED) is 0.0359. The molecule has 0 unspecified atom stereocenters. The van der Waals surface area contributed by atoms with Gasteiger partial charge in [0.05, 0.1) is 13.2 Å². The Morgan fingerprint density at radius 2 is 0.673 bits per heavy atom. The lowest BCUT2D eigenvalue weighted by atomic mass is 10.1. The van der Waals surface area contributed by atoms with Gasteiger partial charge in [-0.2, -0.15) is 0 Å². The monoisotopic (exact) mass is 733 g/mol. The van der Waals surface area contributed by atoms with Gasteiger partial charge < -0.3 is 9.47 Å². The number of rotatable bonds is 39. The standard InChI is InChI=1S/C26H50O2.C22H42O2/c1-3-5-7-9-11-12-13-14-15-16-17-18-19-20-22-24-26(27)28-25-23-21-10-8-6-4-2;1-4-5-6-7-8-9-10-11-12-13-14-15-16-17-18-19-22(23)24-20-21(2)3/h14-15H,3-13,16-25H2,1-2H3;11-12,21H,4-10,13-20H2,1-3H3. The number of hydrogen-bond acceptors (Lipinski definition) is 4. The molecule has 0 aromatic carbocycles. The molecule has 0 N–H and O–H groups in total. The summed E-state index contributed by atoms with van der Waals surface area (Å²) in [7, 11) is 0. The number of carbonyl (C=O) groups is 2. The first-order valence-corrected chi connectivity index (χ1v) is 23.1. The lowest BCUT2D eigenvalue weighted by Gasteiger charge is -2.06. The summed E-state index contributed by atoms with van der Waals surface area (Å²) in [6.45, 7) is 12.1. The van der Waals surface area contributed by atoms with Gasteiger partial charge in [0.25, 0.3) is 0 Å². The molecule has 0 fully saturated rings. The first kappa shape index (κ1) is 52.5. The predicted molar refractivity (Wildman–Crippen MR) is 229 cm³/mol. The second kappa shape index (κ2) is 47.4. The minimum Gasteiger partial charge on any atom is -0.466 e. The van der Waals surface area contributed by atoms with Gasteiger partial charge in [-0.3, -0.25) is 9.59 Å². The molecule has 0 aliphatic heterocycles. The SMILES string of the molecule is CCCCCCCCC=CCCCCCCCC(=O)OCC(C)C.CCCCCCCCC=CCCCCCCCC(=O)OCCCCCCCC. The van der Waals surface area contributed by atoms with Crippen LogP contribution in [0.5, 0.6) is 0 Å². The van der Waals surface area contributed by atoms with Crippen LogP contribution in [0.1, 0.15) is 253 Å². The Morgan fingerprint density at radius 3 is 1.02 bits per heavy atom. The first-order valence-electron chi connectivity index (χ1n) is 23.1. The van der Waals surface area contributed by atoms with Gasteiger partial charge in [0.1, 0.15) is 0 Å². The fourth-order valence-corrected chi connectivity index (χ4v) is 6.15. The van der Waals surface area contributed by atoms with Crippen LogP contribution in [0.25, 0.3) is 0 Å². The molecule has 0 radical (unpaired) electrons. The highest BCUT2D eigenvalue weighted by Gasteiger charge is 2.04. The highest BCUT2D eigenvalue weighted by atomic mass is 16.5. The van der Waals surface area contributed by atoms with E-state index in [1.165, 1.54) is 173 Å². The van der Waals surface area contributed by atoms with E-state index in [1.54, 1.807) is 0 Å². The average Bonchev–Trinajstić information content (AvgIpc) is 3.13. The molecular formula is C48H92O4. The van der Waals surface area contributed by atoms with Crippen LogP contribution < -0.4 is 0 Å². The fraction of sp³-hybridized carbons (Fsp3) is 0.875. The van der Waals surface area contributed by atoms with Crippen molar-refractivity contribution in [2.75, 3.05) is 13.2 Å². The topological polar surface area (TPSA) is 52.6 Å². The molecule has 308 valence electrons. The normalized spacial score (nSPS) is 11.4. The van der Waals surface area contributed by atoms with Crippen LogP contribution in [0.4, 0.5) is 0 Å². The highest BCUT2D eigenvalue weighted by Crippen LogP contribution is 2.12. The van der Waals surface area contributed by atoms with Gasteiger partial charge in [-0.25, -0.2) is 0 Å². The molecule has 0 aliphatic carbocycles. The Kier molecular flexibility index (Phi) is 47.9. The van der Waals surface area contributed by atoms with Crippen LogP contribution in [0.2, 0.25) is 0 Å². The van der Waals surface area contributed by atoms with E-state index in [0.717, 1.165) is 32.1 Å². The van der Waals surface area contributed by atoms with Gasteiger partial charge in [-0.1, -0.05) is 194 Å². The number of esters is 2. The summed E-state index contributed by atoms with van der Waals surface area (Å²) in [5, 5.41) is 0. The van der Waals surface area contributed by atoms with Gasteiger partial charge >= 0.3 is 11.9 Å². The smallest absolute Gasteiger partial charge is 0.305 e. The third-order valence-corrected chi connectivity index (χ3v) is 9.62. The molecule has 4 heteroatoms. The third-order valence-electron chi connectivity index (χ3n) is 9.62. The van der Waals surface area contributed by atoms with E-state index < -0.39 is 0 Å². The van der Waals surface area contributed by atoms with E-state index in [2.05, 4.69) is 58.9 Å². The van der Waals surface area contributed by atoms with Crippen LogP contribution in [0.15, 0.2) is 24.3 Å². The molecule has 0 amide bonds. The van der Waals surface area contributed by atoms with Crippen molar-refractivity contribution in [2.24, 2.45) is 5.92 Å². The molecule has 0 aliphatic rings. The van der Waals surface area contributed by atoms with Crippen molar-refractivity contribution in [1.82, 2.24) is 0 Å². The third kappa shape index (κ3) is 50.5. The summed E-state index contributed by atoms with van der Waals surface area (Å²) >= 11 is 0. The predicted octanol–water partition coefficient (Wildman–Crippen LogP) is 16.2. The zero-order valence-corrected chi connectivity index (χ0v) is 36.0. The van der Waals surface area contributed by atoms with Crippen LogP contribution in [0, 0.1) is 5.92 Å². The maximum Gasteiger partial charge on any atom is 0.305 e. The molecule has 0 saturated heterocycles. The summed E-state index contributed by atoms with van der Waals surface area (Å²) in [5.41, 5.74) is 0. The maximum atomic E-state index is 11.7. The Bertz CT molecular complexity index is 755. The molecule has 0 aromatic rings. The van der Waals surface area contributed by atoms with E-state index in [1.807, 2.05) is 0 Å². The van der Waals surface area contributed by atoms with Crippen molar-refractivity contribution < 1.29 is 19.1 Å². The Hall–Kier alpha value is -1.58. The summed E-state index contributed by atoms with van der Waals surface area (Å²) in [5.74, 6) is 0.413. The van der Waals surface area contributed by atoms with Crippen LogP contribution in [-0.4, -0.2) is 25.2 Å². The molecule has 0 rings (SSSR count). The highest BCUT2D eigenvalue weighted by molar-refractivity contribution is 5.69. The van der Waals surface area contributed by atoms with Gasteiger partial charge in [0.2, 0.25) is 0 Å². The largest absolute Gasteiger partial charge is 0.466 e. The zero-order chi connectivity index (χ0) is 38.4. The number of allylic oxidation sites excluding steroid dienone is 4. The summed E-state index contributed by atoms with van der Waals surface area (Å²) in [4.78, 5) is 23.1. The number of hydrogen-bond donors (Lipinski definition) is 0. The van der Waals surface area contributed by atoms with Gasteiger partial charge in [0.15, 0.2) is 0 Å². The molecule has 0 spiro atoms. The second-order valence-electron chi connectivity index (χ2n) is 15.7. The van der Waals surface area contributed by atoms with Gasteiger partial charge in [-0.05, 0) is 76.5 Å². The maximum absolute atomic E-state index is 11.7. The van der Waals surface area contributed by atoms with Crippen molar-refractivity contribution >= 4 is 11.9 Å². The van der Waals surface area contributed by atoms with E-state index in [9.17, 15) is 9.59 Å². The van der Waals surface area contributed by atoms with Crippen molar-refractivity contribution in [3.8, 4) is 0 Å². The zero-order valence-electron chi connectivity index (χ0n) is 36.0. The summed E-state index contributed by atoms with van der Waals surface area (Å²) in [6.07, 6.45) is 51.5.